The third kappa shape index (κ3) is 3.45. The molecule has 0 fully saturated rings. The van der Waals surface area contributed by atoms with Crippen LogP contribution in [0.2, 0.25) is 0 Å². The van der Waals surface area contributed by atoms with E-state index < -0.39 is 0 Å². The van der Waals surface area contributed by atoms with Crippen LogP contribution in [-0.2, 0) is 6.42 Å². The molecule has 0 aliphatic carbocycles. The molecule has 17 heavy (non-hydrogen) atoms. The molecule has 1 heterocycles. The first-order chi connectivity index (χ1) is 8.24. The largest absolute Gasteiger partial charge is 0.385 e. The van der Waals surface area contributed by atoms with Crippen molar-refractivity contribution >= 4 is 11.5 Å². The first kappa shape index (κ1) is 11.4. The summed E-state index contributed by atoms with van der Waals surface area (Å²) in [7, 11) is 0. The quantitative estimate of drug-likeness (QED) is 0.840. The minimum absolute atomic E-state index is 0.519. The summed E-state index contributed by atoms with van der Waals surface area (Å²) in [6.45, 7) is 2.87. The van der Waals surface area contributed by atoms with Gasteiger partial charge in [-0.05, 0) is 25.1 Å². The van der Waals surface area contributed by atoms with Crippen molar-refractivity contribution in [3.8, 4) is 0 Å². The fourth-order valence-corrected chi connectivity index (χ4v) is 1.53. The van der Waals surface area contributed by atoms with E-state index in [0.29, 0.717) is 5.82 Å². The van der Waals surface area contributed by atoms with E-state index in [0.717, 1.165) is 24.5 Å². The van der Waals surface area contributed by atoms with Gasteiger partial charge in [0.25, 0.3) is 0 Å². The number of anilines is 2. The van der Waals surface area contributed by atoms with Gasteiger partial charge in [0.2, 0.25) is 0 Å². The Bertz CT molecular complexity index is 479. The zero-order chi connectivity index (χ0) is 12.1. The second kappa shape index (κ2) is 5.30. The van der Waals surface area contributed by atoms with Gasteiger partial charge in [0.05, 0.1) is 0 Å². The molecule has 1 aromatic heterocycles. The zero-order valence-corrected chi connectivity index (χ0v) is 9.85. The van der Waals surface area contributed by atoms with E-state index >= 15 is 0 Å². The molecule has 4 nitrogen and oxygen atoms in total. The van der Waals surface area contributed by atoms with E-state index in [1.165, 1.54) is 5.56 Å². The number of nitrogens with one attached hydrogen (secondary N) is 1. The van der Waals surface area contributed by atoms with Gasteiger partial charge in [-0.25, -0.2) is 9.97 Å². The molecule has 4 heteroatoms. The SMILES string of the molecule is Cc1ccc(NCCc2nccc(N)n2)cc1. The van der Waals surface area contributed by atoms with Crippen LogP contribution >= 0.6 is 0 Å². The summed E-state index contributed by atoms with van der Waals surface area (Å²) < 4.78 is 0. The molecule has 88 valence electrons. The minimum Gasteiger partial charge on any atom is -0.385 e. The Hall–Kier alpha value is -2.10. The van der Waals surface area contributed by atoms with Crippen LogP contribution in [0.15, 0.2) is 36.5 Å². The summed E-state index contributed by atoms with van der Waals surface area (Å²) in [4.78, 5) is 8.30. The Morgan fingerprint density at radius 3 is 2.65 bits per heavy atom. The summed E-state index contributed by atoms with van der Waals surface area (Å²) in [6.07, 6.45) is 2.45. The normalized spacial score (nSPS) is 10.2. The maximum absolute atomic E-state index is 5.59. The molecule has 3 N–H and O–H groups in total. The Kier molecular flexibility index (Phi) is 3.55. The molecular weight excluding hydrogens is 212 g/mol. The highest BCUT2D eigenvalue weighted by Crippen LogP contribution is 2.08. The topological polar surface area (TPSA) is 63.8 Å². The van der Waals surface area contributed by atoms with Gasteiger partial charge in [-0.1, -0.05) is 17.7 Å². The maximum Gasteiger partial charge on any atom is 0.132 e. The first-order valence-electron chi connectivity index (χ1n) is 5.62. The summed E-state index contributed by atoms with van der Waals surface area (Å²) in [6, 6.07) is 9.99. The molecule has 2 aromatic rings. The molecule has 0 saturated heterocycles. The molecule has 2 rings (SSSR count). The van der Waals surface area contributed by atoms with Gasteiger partial charge in [-0.15, -0.1) is 0 Å². The van der Waals surface area contributed by atoms with Crippen LogP contribution in [0, 0.1) is 6.92 Å². The van der Waals surface area contributed by atoms with Crippen LogP contribution in [0.25, 0.3) is 0 Å². The number of nitrogen functional groups attached to an aromatic ring is 1. The minimum atomic E-state index is 0.519. The number of hydrogen-bond acceptors (Lipinski definition) is 4. The standard InChI is InChI=1S/C13H16N4/c1-10-2-4-11(5-3-10)15-9-7-13-16-8-6-12(14)17-13/h2-6,8,15H,7,9H2,1H3,(H2,14,16,17). The number of aryl methyl sites for hydroxylation is 1. The van der Waals surface area contributed by atoms with Crippen LogP contribution in [-0.4, -0.2) is 16.5 Å². The van der Waals surface area contributed by atoms with Crippen molar-refractivity contribution in [1.82, 2.24) is 9.97 Å². The molecule has 0 atom stereocenters. The van der Waals surface area contributed by atoms with Gasteiger partial charge in [-0.3, -0.25) is 0 Å². The van der Waals surface area contributed by atoms with E-state index in [9.17, 15) is 0 Å². The summed E-state index contributed by atoms with van der Waals surface area (Å²) in [5.41, 5.74) is 7.96. The van der Waals surface area contributed by atoms with Crippen molar-refractivity contribution in [2.45, 2.75) is 13.3 Å². The first-order valence-corrected chi connectivity index (χ1v) is 5.62. The smallest absolute Gasteiger partial charge is 0.132 e. The van der Waals surface area contributed by atoms with E-state index in [2.05, 4.69) is 46.5 Å². The number of hydrogen-bond donors (Lipinski definition) is 2. The highest BCUT2D eigenvalue weighted by molar-refractivity contribution is 5.44. The van der Waals surface area contributed by atoms with Crippen LogP contribution in [0.1, 0.15) is 11.4 Å². The number of nitrogens with zero attached hydrogens (tertiary/aromatic N) is 2. The lowest BCUT2D eigenvalue weighted by molar-refractivity contribution is 0.898. The highest BCUT2D eigenvalue weighted by atomic mass is 14.9. The molecule has 0 amide bonds. The van der Waals surface area contributed by atoms with Crippen molar-refractivity contribution in [2.75, 3.05) is 17.6 Å². The van der Waals surface area contributed by atoms with Crippen molar-refractivity contribution in [2.24, 2.45) is 0 Å². The Morgan fingerprint density at radius 2 is 1.94 bits per heavy atom. The predicted octanol–water partition coefficient (Wildman–Crippen LogP) is 2.02. The summed E-state index contributed by atoms with van der Waals surface area (Å²) >= 11 is 0. The Morgan fingerprint density at radius 1 is 1.18 bits per heavy atom. The van der Waals surface area contributed by atoms with Crippen LogP contribution in [0.5, 0.6) is 0 Å². The average Bonchev–Trinajstić information content (AvgIpc) is 2.32. The van der Waals surface area contributed by atoms with Crippen molar-refractivity contribution in [1.29, 1.82) is 0 Å². The van der Waals surface area contributed by atoms with E-state index in [1.807, 2.05) is 0 Å². The zero-order valence-electron chi connectivity index (χ0n) is 9.85. The molecule has 0 radical (unpaired) electrons. The van der Waals surface area contributed by atoms with Gasteiger partial charge in [0, 0.05) is 24.8 Å². The lowest BCUT2D eigenvalue weighted by Gasteiger charge is -2.06. The van der Waals surface area contributed by atoms with Gasteiger partial charge < -0.3 is 11.1 Å². The third-order valence-electron chi connectivity index (χ3n) is 2.46. The van der Waals surface area contributed by atoms with Crippen LogP contribution < -0.4 is 11.1 Å². The molecule has 0 aliphatic rings. The van der Waals surface area contributed by atoms with Gasteiger partial charge in [0.15, 0.2) is 0 Å². The molecule has 0 spiro atoms. The van der Waals surface area contributed by atoms with Crippen molar-refractivity contribution in [3.63, 3.8) is 0 Å². The second-order valence-corrected chi connectivity index (χ2v) is 3.94. The summed E-state index contributed by atoms with van der Waals surface area (Å²) in [5, 5.41) is 3.32. The molecular formula is C13H16N4. The lowest BCUT2D eigenvalue weighted by Crippen LogP contribution is -2.08. The van der Waals surface area contributed by atoms with E-state index in [4.69, 9.17) is 5.73 Å². The second-order valence-electron chi connectivity index (χ2n) is 3.94. The van der Waals surface area contributed by atoms with Crippen molar-refractivity contribution in [3.05, 3.63) is 47.9 Å². The lowest BCUT2D eigenvalue weighted by atomic mass is 10.2. The molecule has 0 unspecified atom stereocenters. The van der Waals surface area contributed by atoms with Gasteiger partial charge in [0.1, 0.15) is 11.6 Å². The van der Waals surface area contributed by atoms with E-state index in [1.54, 1.807) is 12.3 Å². The van der Waals surface area contributed by atoms with Gasteiger partial charge >= 0.3 is 0 Å². The van der Waals surface area contributed by atoms with E-state index in [-0.39, 0.29) is 0 Å². The maximum atomic E-state index is 5.59. The molecule has 1 aromatic carbocycles. The number of aromatic nitrogens is 2. The predicted molar refractivity (Wildman–Crippen MR) is 69.8 cm³/mol. The van der Waals surface area contributed by atoms with Crippen LogP contribution in [0.3, 0.4) is 0 Å². The fourth-order valence-electron chi connectivity index (χ4n) is 1.53. The average molecular weight is 228 g/mol. The van der Waals surface area contributed by atoms with Crippen molar-refractivity contribution < 1.29 is 0 Å². The van der Waals surface area contributed by atoms with Crippen LogP contribution in [0.4, 0.5) is 11.5 Å². The Balaban J connectivity index is 1.85. The summed E-state index contributed by atoms with van der Waals surface area (Å²) in [5.74, 6) is 1.29. The fraction of sp³-hybridized carbons (Fsp3) is 0.231. The molecule has 0 aliphatic heterocycles. The number of benzene rings is 1. The monoisotopic (exact) mass is 228 g/mol. The molecule has 0 saturated carbocycles. The highest BCUT2D eigenvalue weighted by Gasteiger charge is 1.97. The number of nitrogens with two attached hydrogens (primary N) is 1. The third-order valence-corrected chi connectivity index (χ3v) is 2.46. The number of rotatable bonds is 4. The van der Waals surface area contributed by atoms with Gasteiger partial charge in [-0.2, -0.15) is 0 Å². The molecule has 0 bridgehead atoms. The Labute approximate surface area is 101 Å².